The van der Waals surface area contributed by atoms with Crippen molar-refractivity contribution in [3.05, 3.63) is 34.7 Å². The number of furan rings is 1. The van der Waals surface area contributed by atoms with Crippen LogP contribution in [0.2, 0.25) is 0 Å². The minimum absolute atomic E-state index is 0.613. The number of imidazole rings is 1. The zero-order valence-electron chi connectivity index (χ0n) is 11.6. The van der Waals surface area contributed by atoms with Crippen LogP contribution in [0.25, 0.3) is 11.2 Å². The van der Waals surface area contributed by atoms with Gasteiger partial charge in [-0.05, 0) is 28.9 Å². The third-order valence-corrected chi connectivity index (χ3v) is 3.23. The molecule has 0 unspecified atom stereocenters. The van der Waals surface area contributed by atoms with E-state index in [0.717, 1.165) is 21.6 Å². The summed E-state index contributed by atoms with van der Waals surface area (Å²) in [5.41, 5.74) is 2.50. The Hall–Kier alpha value is -1.89. The molecule has 0 aliphatic carbocycles. The molecule has 0 atom stereocenters. The minimum Gasteiger partial charge on any atom is -0.457 e. The van der Waals surface area contributed by atoms with E-state index in [1.807, 2.05) is 26.8 Å². The fourth-order valence-electron chi connectivity index (χ4n) is 1.69. The predicted molar refractivity (Wildman–Crippen MR) is 81.5 cm³/mol. The van der Waals surface area contributed by atoms with Gasteiger partial charge in [-0.15, -0.1) is 0 Å². The second-order valence-corrected chi connectivity index (χ2v) is 4.51. The molecule has 6 nitrogen and oxygen atoms in total. The number of hydrogen-bond acceptors (Lipinski definition) is 5. The van der Waals surface area contributed by atoms with Gasteiger partial charge in [0.05, 0.1) is 12.6 Å². The van der Waals surface area contributed by atoms with Gasteiger partial charge >= 0.3 is 0 Å². The zero-order valence-corrected chi connectivity index (χ0v) is 13.2. The lowest BCUT2D eigenvalue weighted by Gasteiger charge is -2.05. The first-order valence-electron chi connectivity index (χ1n) is 6.37. The average Bonchev–Trinajstić information content (AvgIpc) is 3.07. The van der Waals surface area contributed by atoms with Gasteiger partial charge in [-0.3, -0.25) is 0 Å². The van der Waals surface area contributed by atoms with Crippen LogP contribution < -0.4 is 5.32 Å². The minimum atomic E-state index is 0.613. The monoisotopic (exact) mass is 337 g/mol. The average molecular weight is 338 g/mol. The Bertz CT molecular complexity index is 691. The number of aromatic amines is 1. The summed E-state index contributed by atoms with van der Waals surface area (Å²) >= 11 is 3.34. The van der Waals surface area contributed by atoms with Gasteiger partial charge < -0.3 is 14.7 Å². The Balaban J connectivity index is 0.000000704. The van der Waals surface area contributed by atoms with Crippen molar-refractivity contribution in [1.82, 2.24) is 19.9 Å². The smallest absolute Gasteiger partial charge is 0.183 e. The summed E-state index contributed by atoms with van der Waals surface area (Å²) < 4.78 is 5.90. The number of anilines is 1. The maximum atomic E-state index is 5.17. The van der Waals surface area contributed by atoms with Gasteiger partial charge in [0.25, 0.3) is 0 Å². The van der Waals surface area contributed by atoms with Crippen LogP contribution in [0.15, 0.2) is 27.7 Å². The first-order chi connectivity index (χ1) is 9.74. The van der Waals surface area contributed by atoms with Crippen molar-refractivity contribution in [3.8, 4) is 0 Å². The number of aryl methyl sites for hydroxylation is 1. The van der Waals surface area contributed by atoms with E-state index in [9.17, 15) is 0 Å². The molecule has 0 saturated heterocycles. The zero-order chi connectivity index (χ0) is 14.5. The Morgan fingerprint density at radius 2 is 2.15 bits per heavy atom. The Kier molecular flexibility index (Phi) is 4.73. The number of fused-ring (bicyclic) bond motifs is 1. The lowest BCUT2D eigenvalue weighted by atomic mass is 10.3. The molecule has 20 heavy (non-hydrogen) atoms. The summed E-state index contributed by atoms with van der Waals surface area (Å²) in [5, 5.41) is 3.25. The quantitative estimate of drug-likeness (QED) is 0.762. The van der Waals surface area contributed by atoms with Crippen molar-refractivity contribution in [2.75, 3.05) is 5.32 Å². The molecule has 3 heterocycles. The Morgan fingerprint density at radius 1 is 1.35 bits per heavy atom. The van der Waals surface area contributed by atoms with E-state index in [1.165, 1.54) is 0 Å². The highest BCUT2D eigenvalue weighted by Gasteiger charge is 2.09. The number of nitrogens with zero attached hydrogens (tertiary/aromatic N) is 3. The molecule has 0 radical (unpaired) electrons. The van der Waals surface area contributed by atoms with Gasteiger partial charge in [-0.2, -0.15) is 0 Å². The molecule has 3 aromatic rings. The maximum Gasteiger partial charge on any atom is 0.183 e. The van der Waals surface area contributed by atoms with Crippen LogP contribution in [0.4, 0.5) is 5.82 Å². The van der Waals surface area contributed by atoms with Gasteiger partial charge in [0.2, 0.25) is 0 Å². The molecule has 3 aromatic heterocycles. The lowest BCUT2D eigenvalue weighted by molar-refractivity contribution is 0.537. The maximum absolute atomic E-state index is 5.17. The third-order valence-electron chi connectivity index (χ3n) is 2.54. The van der Waals surface area contributed by atoms with E-state index in [0.29, 0.717) is 18.0 Å². The van der Waals surface area contributed by atoms with Gasteiger partial charge in [0.1, 0.15) is 11.3 Å². The number of nitrogens with one attached hydrogen (secondary N) is 2. The second kappa shape index (κ2) is 6.51. The van der Waals surface area contributed by atoms with E-state index in [-0.39, 0.29) is 0 Å². The highest BCUT2D eigenvalue weighted by Crippen LogP contribution is 2.21. The van der Waals surface area contributed by atoms with Crippen LogP contribution in [0.5, 0.6) is 0 Å². The molecular weight excluding hydrogens is 322 g/mol. The normalized spacial score (nSPS) is 10.2. The largest absolute Gasteiger partial charge is 0.457 e. The van der Waals surface area contributed by atoms with Crippen LogP contribution in [0.3, 0.4) is 0 Å². The van der Waals surface area contributed by atoms with Crippen molar-refractivity contribution in [3.63, 3.8) is 0 Å². The number of halogens is 1. The van der Waals surface area contributed by atoms with Crippen molar-refractivity contribution >= 4 is 32.9 Å². The van der Waals surface area contributed by atoms with Crippen molar-refractivity contribution in [2.45, 2.75) is 27.3 Å². The van der Waals surface area contributed by atoms with Crippen LogP contribution in [-0.4, -0.2) is 19.9 Å². The summed E-state index contributed by atoms with van der Waals surface area (Å²) in [6.07, 6.45) is 3.25. The fourth-order valence-corrected chi connectivity index (χ4v) is 2.07. The summed E-state index contributed by atoms with van der Waals surface area (Å²) in [4.78, 5) is 15.8. The molecule has 0 bridgehead atoms. The first kappa shape index (κ1) is 14.5. The first-order valence-corrected chi connectivity index (χ1v) is 7.17. The summed E-state index contributed by atoms with van der Waals surface area (Å²) in [6, 6.07) is 1.90. The Labute approximate surface area is 125 Å². The molecule has 0 amide bonds. The van der Waals surface area contributed by atoms with Crippen molar-refractivity contribution in [2.24, 2.45) is 0 Å². The Morgan fingerprint density at radius 3 is 2.85 bits per heavy atom. The van der Waals surface area contributed by atoms with E-state index < -0.39 is 0 Å². The van der Waals surface area contributed by atoms with Crippen LogP contribution in [0, 0.1) is 6.92 Å². The topological polar surface area (TPSA) is 79.6 Å². The molecule has 0 aromatic carbocycles. The number of rotatable bonds is 3. The SMILES string of the molecule is CC.Cc1nc(NCc2ccoc2Br)c2[nH]cnc2n1. The highest BCUT2D eigenvalue weighted by atomic mass is 79.9. The van der Waals surface area contributed by atoms with Gasteiger partial charge in [0.15, 0.2) is 16.1 Å². The van der Waals surface area contributed by atoms with Gasteiger partial charge in [-0.1, -0.05) is 13.8 Å². The summed E-state index contributed by atoms with van der Waals surface area (Å²) in [6.45, 7) is 6.45. The van der Waals surface area contributed by atoms with Crippen molar-refractivity contribution < 1.29 is 4.42 Å². The van der Waals surface area contributed by atoms with E-state index >= 15 is 0 Å². The summed E-state index contributed by atoms with van der Waals surface area (Å²) in [5.74, 6) is 1.42. The molecule has 106 valence electrons. The molecule has 0 aliphatic rings. The van der Waals surface area contributed by atoms with Crippen LogP contribution in [-0.2, 0) is 6.54 Å². The number of aromatic nitrogens is 4. The molecule has 0 saturated carbocycles. The summed E-state index contributed by atoms with van der Waals surface area (Å²) in [7, 11) is 0. The molecule has 7 heteroatoms. The second-order valence-electron chi connectivity index (χ2n) is 3.79. The molecule has 2 N–H and O–H groups in total. The van der Waals surface area contributed by atoms with Crippen LogP contribution >= 0.6 is 15.9 Å². The van der Waals surface area contributed by atoms with E-state index in [1.54, 1.807) is 12.6 Å². The third kappa shape index (κ3) is 2.98. The standard InChI is InChI=1S/C11H10BrN5O.C2H6/c1-6-16-10(8-11(17-6)15-5-14-8)13-4-7-2-3-18-9(7)12;1-2/h2-3,5H,4H2,1H3,(H2,13,14,15,16,17);1-2H3. The molecule has 0 fully saturated rings. The van der Waals surface area contributed by atoms with E-state index in [4.69, 9.17) is 4.42 Å². The number of hydrogen-bond donors (Lipinski definition) is 2. The van der Waals surface area contributed by atoms with Gasteiger partial charge in [-0.25, -0.2) is 15.0 Å². The molecule has 0 aliphatic heterocycles. The van der Waals surface area contributed by atoms with Crippen LogP contribution in [0.1, 0.15) is 25.2 Å². The molecule has 0 spiro atoms. The molecular formula is C13H16BrN5O. The fraction of sp³-hybridized carbons (Fsp3) is 0.308. The predicted octanol–water partition coefficient (Wildman–Crippen LogP) is 3.66. The van der Waals surface area contributed by atoms with Crippen molar-refractivity contribution in [1.29, 1.82) is 0 Å². The number of H-pyrrole nitrogens is 1. The highest BCUT2D eigenvalue weighted by molar-refractivity contribution is 9.10. The lowest BCUT2D eigenvalue weighted by Crippen LogP contribution is -2.03. The molecule has 3 rings (SSSR count). The van der Waals surface area contributed by atoms with E-state index in [2.05, 4.69) is 41.2 Å². The van der Waals surface area contributed by atoms with Gasteiger partial charge in [0, 0.05) is 12.1 Å².